The first-order valence-corrected chi connectivity index (χ1v) is 10.1. The number of benzene rings is 1. The summed E-state index contributed by atoms with van der Waals surface area (Å²) in [5, 5.41) is 58.0. The number of esters is 2. The van der Waals surface area contributed by atoms with Crippen molar-refractivity contribution in [2.45, 2.75) is 43.2 Å². The minimum atomic E-state index is -2.11. The van der Waals surface area contributed by atoms with E-state index < -0.39 is 67.7 Å². The maximum atomic E-state index is 12.4. The molecule has 0 aromatic heterocycles. The molecule has 1 unspecified atom stereocenters. The Hall–Kier alpha value is -3.43. The van der Waals surface area contributed by atoms with Crippen molar-refractivity contribution >= 4 is 24.0 Å². The van der Waals surface area contributed by atoms with E-state index in [1.54, 1.807) is 0 Å². The molecular weight excluding hydrogens is 476 g/mol. The normalized spacial score (nSPS) is 25.0. The first-order valence-electron chi connectivity index (χ1n) is 10.1. The lowest BCUT2D eigenvalue weighted by atomic mass is 9.99. The SMILES string of the molecule is COc1cc(C=CC(=O)O[C@@H]2O[C@H](CO)[C@@H](O)[C@H](O)[C@H]2OC(=O)C(O)CC(=O)O)cc(OC)c1O. The molecule has 1 saturated heterocycles. The monoisotopic (exact) mass is 502 g/mol. The minimum absolute atomic E-state index is 0.0581. The van der Waals surface area contributed by atoms with Crippen LogP contribution in [0, 0.1) is 0 Å². The number of phenols is 1. The van der Waals surface area contributed by atoms with Gasteiger partial charge < -0.3 is 54.3 Å². The highest BCUT2D eigenvalue weighted by molar-refractivity contribution is 5.87. The molecule has 1 fully saturated rings. The van der Waals surface area contributed by atoms with Crippen LogP contribution in [0.4, 0.5) is 0 Å². The van der Waals surface area contributed by atoms with E-state index in [9.17, 15) is 39.9 Å². The highest BCUT2D eigenvalue weighted by Gasteiger charge is 2.48. The molecule has 14 nitrogen and oxygen atoms in total. The van der Waals surface area contributed by atoms with Crippen molar-refractivity contribution in [3.63, 3.8) is 0 Å². The van der Waals surface area contributed by atoms with Gasteiger partial charge in [-0.2, -0.15) is 0 Å². The number of hydrogen-bond donors (Lipinski definition) is 6. The van der Waals surface area contributed by atoms with Gasteiger partial charge in [0.15, 0.2) is 23.7 Å². The number of carboxylic acid groups (broad SMARTS) is 1. The molecule has 194 valence electrons. The largest absolute Gasteiger partial charge is 0.502 e. The lowest BCUT2D eigenvalue weighted by Crippen LogP contribution is -2.61. The Morgan fingerprint density at radius 3 is 2.20 bits per heavy atom. The van der Waals surface area contributed by atoms with Gasteiger partial charge in [0.25, 0.3) is 0 Å². The van der Waals surface area contributed by atoms with E-state index in [4.69, 9.17) is 28.8 Å². The van der Waals surface area contributed by atoms with E-state index in [0.717, 1.165) is 6.08 Å². The first kappa shape index (κ1) is 27.8. The van der Waals surface area contributed by atoms with Crippen LogP contribution in [0.5, 0.6) is 17.2 Å². The third-order valence-electron chi connectivity index (χ3n) is 4.86. The molecular formula is C21H26O14. The molecule has 1 aliphatic rings. The van der Waals surface area contributed by atoms with E-state index >= 15 is 0 Å². The highest BCUT2D eigenvalue weighted by atomic mass is 16.7. The second-order valence-corrected chi connectivity index (χ2v) is 7.27. The maximum absolute atomic E-state index is 12.4. The molecule has 1 aromatic carbocycles. The summed E-state index contributed by atoms with van der Waals surface area (Å²) < 4.78 is 25.2. The molecule has 14 heteroatoms. The molecule has 1 heterocycles. The zero-order chi connectivity index (χ0) is 26.3. The summed E-state index contributed by atoms with van der Waals surface area (Å²) in [6, 6.07) is 2.77. The summed E-state index contributed by atoms with van der Waals surface area (Å²) >= 11 is 0. The Balaban J connectivity index is 2.20. The van der Waals surface area contributed by atoms with E-state index in [1.165, 1.54) is 32.4 Å². The fourth-order valence-corrected chi connectivity index (χ4v) is 3.07. The molecule has 0 radical (unpaired) electrons. The van der Waals surface area contributed by atoms with Crippen LogP contribution in [0.1, 0.15) is 12.0 Å². The van der Waals surface area contributed by atoms with Gasteiger partial charge in [-0.3, -0.25) is 4.79 Å². The van der Waals surface area contributed by atoms with E-state index in [-0.39, 0.29) is 17.2 Å². The Labute approximate surface area is 198 Å². The van der Waals surface area contributed by atoms with Crippen LogP contribution in [0.2, 0.25) is 0 Å². The number of carbonyl (C=O) groups excluding carboxylic acids is 2. The van der Waals surface area contributed by atoms with E-state index in [0.29, 0.717) is 5.56 Å². The molecule has 1 aromatic rings. The van der Waals surface area contributed by atoms with Crippen LogP contribution in [0.15, 0.2) is 18.2 Å². The fourth-order valence-electron chi connectivity index (χ4n) is 3.07. The Morgan fingerprint density at radius 2 is 1.69 bits per heavy atom. The van der Waals surface area contributed by atoms with Gasteiger partial charge in [-0.15, -0.1) is 0 Å². The molecule has 0 amide bonds. The molecule has 1 aliphatic heterocycles. The summed E-state index contributed by atoms with van der Waals surface area (Å²) in [6.07, 6.45) is -9.76. The average molecular weight is 502 g/mol. The number of rotatable bonds is 10. The lowest BCUT2D eigenvalue weighted by Gasteiger charge is -2.40. The number of ether oxygens (including phenoxy) is 5. The molecule has 6 N–H and O–H groups in total. The predicted octanol–water partition coefficient (Wildman–Crippen LogP) is -1.85. The van der Waals surface area contributed by atoms with Gasteiger partial charge in [-0.1, -0.05) is 0 Å². The second kappa shape index (κ2) is 12.3. The maximum Gasteiger partial charge on any atom is 0.336 e. The summed E-state index contributed by atoms with van der Waals surface area (Å²) in [7, 11) is 2.62. The zero-order valence-corrected chi connectivity index (χ0v) is 18.6. The molecule has 0 spiro atoms. The minimum Gasteiger partial charge on any atom is -0.502 e. The number of aromatic hydroxyl groups is 1. The summed E-state index contributed by atoms with van der Waals surface area (Å²) in [6.45, 7) is -0.794. The average Bonchev–Trinajstić information content (AvgIpc) is 2.82. The van der Waals surface area contributed by atoms with E-state index in [1.807, 2.05) is 0 Å². The summed E-state index contributed by atoms with van der Waals surface area (Å²) in [5.41, 5.74) is 0.349. The number of hydrogen-bond acceptors (Lipinski definition) is 13. The van der Waals surface area contributed by atoms with Crippen molar-refractivity contribution in [1.29, 1.82) is 0 Å². The third-order valence-corrected chi connectivity index (χ3v) is 4.86. The van der Waals surface area contributed by atoms with Gasteiger partial charge in [0, 0.05) is 6.08 Å². The highest BCUT2D eigenvalue weighted by Crippen LogP contribution is 2.37. The summed E-state index contributed by atoms with van der Waals surface area (Å²) in [4.78, 5) is 35.1. The van der Waals surface area contributed by atoms with Crippen LogP contribution in [0.3, 0.4) is 0 Å². The number of aliphatic hydroxyl groups excluding tert-OH is 4. The number of aliphatic hydroxyl groups is 4. The zero-order valence-electron chi connectivity index (χ0n) is 18.6. The van der Waals surface area contributed by atoms with Gasteiger partial charge >= 0.3 is 17.9 Å². The molecule has 0 saturated carbocycles. The van der Waals surface area contributed by atoms with Crippen molar-refractivity contribution in [2.75, 3.05) is 20.8 Å². The smallest absolute Gasteiger partial charge is 0.336 e. The molecule has 2 rings (SSSR count). The Morgan fingerprint density at radius 1 is 1.09 bits per heavy atom. The van der Waals surface area contributed by atoms with Gasteiger partial charge in [0.05, 0.1) is 27.2 Å². The van der Waals surface area contributed by atoms with E-state index in [2.05, 4.69) is 0 Å². The first-order chi connectivity index (χ1) is 16.5. The van der Waals surface area contributed by atoms with Crippen molar-refractivity contribution in [3.05, 3.63) is 23.8 Å². The number of methoxy groups -OCH3 is 2. The molecule has 35 heavy (non-hydrogen) atoms. The predicted molar refractivity (Wildman–Crippen MR) is 112 cm³/mol. The van der Waals surface area contributed by atoms with Crippen LogP contribution in [0.25, 0.3) is 6.08 Å². The van der Waals surface area contributed by atoms with Crippen LogP contribution in [-0.4, -0.2) is 106 Å². The second-order valence-electron chi connectivity index (χ2n) is 7.27. The van der Waals surface area contributed by atoms with Gasteiger partial charge in [-0.25, -0.2) is 9.59 Å². The Kier molecular flexibility index (Phi) is 9.79. The van der Waals surface area contributed by atoms with Crippen LogP contribution in [-0.2, 0) is 28.6 Å². The molecule has 0 aliphatic carbocycles. The van der Waals surface area contributed by atoms with Crippen LogP contribution >= 0.6 is 0 Å². The Bertz CT molecular complexity index is 919. The standard InChI is InChI=1S/C21H26O14/c1-31-11-5-9(6-12(32-2)16(11)27)3-4-15(26)34-21-19(18(29)17(28)13(8-22)33-21)35-20(30)10(23)7-14(24)25/h3-6,10,13,17-19,21-23,27-29H,7-8H2,1-2H3,(H,24,25)/t10?,13-,17-,18+,19-,21+/m1/s1. The number of aliphatic carboxylic acids is 1. The molecule has 0 bridgehead atoms. The summed E-state index contributed by atoms with van der Waals surface area (Å²) in [5.74, 6) is -4.21. The topological polar surface area (TPSA) is 219 Å². The quantitative estimate of drug-likeness (QED) is 0.153. The van der Waals surface area contributed by atoms with Crippen molar-refractivity contribution < 1.29 is 68.7 Å². The van der Waals surface area contributed by atoms with Crippen molar-refractivity contribution in [3.8, 4) is 17.2 Å². The van der Waals surface area contributed by atoms with Gasteiger partial charge in [-0.05, 0) is 23.8 Å². The molecule has 6 atom stereocenters. The fraction of sp³-hybridized carbons (Fsp3) is 0.476. The number of phenolic OH excluding ortho intramolecular Hbond substituents is 1. The lowest BCUT2D eigenvalue weighted by molar-refractivity contribution is -0.296. The number of carboxylic acids is 1. The van der Waals surface area contributed by atoms with Gasteiger partial charge in [0.1, 0.15) is 18.3 Å². The van der Waals surface area contributed by atoms with Crippen molar-refractivity contribution in [1.82, 2.24) is 0 Å². The van der Waals surface area contributed by atoms with Gasteiger partial charge in [0.2, 0.25) is 12.0 Å². The van der Waals surface area contributed by atoms with Crippen molar-refractivity contribution in [2.24, 2.45) is 0 Å². The number of carbonyl (C=O) groups is 3. The third kappa shape index (κ3) is 7.03. The van der Waals surface area contributed by atoms with Crippen LogP contribution < -0.4 is 9.47 Å².